The molecule has 1 aromatic rings. The molecule has 0 N–H and O–H groups in total. The van der Waals surface area contributed by atoms with E-state index >= 15 is 0 Å². The molecule has 1 unspecified atom stereocenters. The second kappa shape index (κ2) is 15.1. The predicted octanol–water partition coefficient (Wildman–Crippen LogP) is 5.49. The smallest absolute Gasteiger partial charge is 0.188 e. The van der Waals surface area contributed by atoms with Crippen LogP contribution in [0.1, 0.15) is 46.1 Å². The lowest BCUT2D eigenvalue weighted by Crippen LogP contribution is -2.20. The van der Waals surface area contributed by atoms with E-state index in [2.05, 4.69) is 31.0 Å². The average Bonchev–Trinajstić information content (AvgIpc) is 2.66. The highest BCUT2D eigenvalue weighted by Crippen LogP contribution is 2.20. The van der Waals surface area contributed by atoms with Crippen molar-refractivity contribution in [2.45, 2.75) is 46.2 Å². The standard InChI is InChI=1S/C18H28NO3P.C2H6/c1-15(10-12-19(3)11-6-7-16(2)23-20)17-8-5-9-18(13-17)22-14-21-4;1-2/h5,8-10,13,16H,6-7,11-12,14H2,1-4H3;1-2H3/b15-10+;. The molecular formula is C20H34NO3P. The summed E-state index contributed by atoms with van der Waals surface area (Å²) in [5, 5.41) is 0. The van der Waals surface area contributed by atoms with Gasteiger partial charge in [-0.2, -0.15) is 0 Å². The lowest BCUT2D eigenvalue weighted by Gasteiger charge is -2.15. The summed E-state index contributed by atoms with van der Waals surface area (Å²) >= 11 is 0. The van der Waals surface area contributed by atoms with E-state index in [4.69, 9.17) is 9.47 Å². The van der Waals surface area contributed by atoms with Gasteiger partial charge in [0.15, 0.2) is 15.3 Å². The molecule has 4 nitrogen and oxygen atoms in total. The SMILES string of the molecule is CC.COCOc1cccc(/C(C)=C/CN(C)CCCC(C)P=O)c1. The molecule has 25 heavy (non-hydrogen) atoms. The first-order valence-corrected chi connectivity index (χ1v) is 9.85. The fourth-order valence-electron chi connectivity index (χ4n) is 2.17. The zero-order chi connectivity index (χ0) is 19.1. The van der Waals surface area contributed by atoms with Gasteiger partial charge in [-0.05, 0) is 56.6 Å². The van der Waals surface area contributed by atoms with Crippen molar-refractivity contribution in [1.82, 2.24) is 4.90 Å². The highest BCUT2D eigenvalue weighted by atomic mass is 31.1. The molecular weight excluding hydrogens is 333 g/mol. The highest BCUT2D eigenvalue weighted by Gasteiger charge is 2.03. The number of benzene rings is 1. The number of ether oxygens (including phenoxy) is 2. The molecule has 0 radical (unpaired) electrons. The first-order chi connectivity index (χ1) is 12.1. The fraction of sp³-hybridized carbons (Fsp3) is 0.600. The zero-order valence-corrected chi connectivity index (χ0v) is 17.5. The second-order valence-electron chi connectivity index (χ2n) is 5.82. The highest BCUT2D eigenvalue weighted by molar-refractivity contribution is 7.24. The third-order valence-corrected chi connectivity index (χ3v) is 4.30. The molecule has 0 bridgehead atoms. The van der Waals surface area contributed by atoms with Crippen molar-refractivity contribution in [1.29, 1.82) is 0 Å². The van der Waals surface area contributed by atoms with Crippen LogP contribution in [0.5, 0.6) is 5.75 Å². The van der Waals surface area contributed by atoms with Crippen molar-refractivity contribution >= 4 is 14.0 Å². The average molecular weight is 367 g/mol. The van der Waals surface area contributed by atoms with Gasteiger partial charge in [-0.1, -0.05) is 39.0 Å². The Morgan fingerprint density at radius 1 is 1.36 bits per heavy atom. The van der Waals surface area contributed by atoms with Crippen LogP contribution in [-0.4, -0.2) is 44.6 Å². The Hall–Kier alpha value is -1.22. The minimum Gasteiger partial charge on any atom is -0.468 e. The van der Waals surface area contributed by atoms with E-state index in [-0.39, 0.29) is 20.9 Å². The third kappa shape index (κ3) is 11.1. The van der Waals surface area contributed by atoms with Crippen molar-refractivity contribution < 1.29 is 14.0 Å². The van der Waals surface area contributed by atoms with Gasteiger partial charge in [0, 0.05) is 19.3 Å². The van der Waals surface area contributed by atoms with E-state index in [1.165, 1.54) is 5.57 Å². The van der Waals surface area contributed by atoms with Gasteiger partial charge in [-0.15, -0.1) is 0 Å². The predicted molar refractivity (Wildman–Crippen MR) is 108 cm³/mol. The van der Waals surface area contributed by atoms with E-state index in [9.17, 15) is 4.57 Å². The van der Waals surface area contributed by atoms with Crippen molar-refractivity contribution in [3.8, 4) is 5.75 Å². The number of likely N-dealkylation sites (N-methyl/N-ethyl adjacent to an activating group) is 1. The topological polar surface area (TPSA) is 38.8 Å². The number of methoxy groups -OCH3 is 1. The van der Waals surface area contributed by atoms with Crippen LogP contribution < -0.4 is 4.74 Å². The summed E-state index contributed by atoms with van der Waals surface area (Å²) in [6.45, 7) is 10.3. The molecule has 0 aliphatic heterocycles. The molecule has 0 saturated heterocycles. The van der Waals surface area contributed by atoms with Gasteiger partial charge in [0.2, 0.25) is 0 Å². The minimum absolute atomic E-state index is 0.254. The fourth-order valence-corrected chi connectivity index (χ4v) is 2.46. The van der Waals surface area contributed by atoms with E-state index in [0.717, 1.165) is 37.2 Å². The Kier molecular flexibility index (Phi) is 14.3. The van der Waals surface area contributed by atoms with Crippen molar-refractivity contribution in [3.05, 3.63) is 35.9 Å². The molecule has 142 valence electrons. The number of hydrogen-bond acceptors (Lipinski definition) is 4. The van der Waals surface area contributed by atoms with Crippen molar-refractivity contribution in [3.63, 3.8) is 0 Å². The monoisotopic (exact) mass is 367 g/mol. The van der Waals surface area contributed by atoms with Crippen LogP contribution in [0.15, 0.2) is 30.3 Å². The maximum atomic E-state index is 10.7. The van der Waals surface area contributed by atoms with Gasteiger partial charge in [0.1, 0.15) is 5.75 Å². The Labute approximate surface area is 155 Å². The van der Waals surface area contributed by atoms with Crippen LogP contribution in [0.3, 0.4) is 0 Å². The quantitative estimate of drug-likeness (QED) is 0.383. The summed E-state index contributed by atoms with van der Waals surface area (Å²) in [6, 6.07) is 8.03. The van der Waals surface area contributed by atoms with Crippen molar-refractivity contribution in [2.75, 3.05) is 34.0 Å². The van der Waals surface area contributed by atoms with Crippen LogP contribution in [0.4, 0.5) is 0 Å². The molecule has 0 aliphatic carbocycles. The van der Waals surface area contributed by atoms with Gasteiger partial charge >= 0.3 is 0 Å². The first kappa shape index (κ1) is 23.8. The maximum Gasteiger partial charge on any atom is 0.188 e. The summed E-state index contributed by atoms with van der Waals surface area (Å²) in [7, 11) is 3.98. The van der Waals surface area contributed by atoms with Gasteiger partial charge in [-0.25, -0.2) is 0 Å². The third-order valence-electron chi connectivity index (χ3n) is 3.68. The number of rotatable bonds is 11. The van der Waals surface area contributed by atoms with Gasteiger partial charge in [-0.3, -0.25) is 4.57 Å². The number of nitrogens with zero attached hydrogens (tertiary/aromatic N) is 1. The summed E-state index contributed by atoms with van der Waals surface area (Å²) in [6.07, 6.45) is 4.29. The minimum atomic E-state index is 0.254. The van der Waals surface area contributed by atoms with Crippen molar-refractivity contribution in [2.24, 2.45) is 0 Å². The van der Waals surface area contributed by atoms with Crippen LogP contribution in [0.25, 0.3) is 5.57 Å². The molecule has 1 rings (SSSR count). The molecule has 1 atom stereocenters. The van der Waals surface area contributed by atoms with E-state index in [0.29, 0.717) is 0 Å². The number of hydrogen-bond donors (Lipinski definition) is 0. The maximum absolute atomic E-state index is 10.7. The van der Waals surface area contributed by atoms with Crippen LogP contribution >= 0.6 is 8.46 Å². The molecule has 0 fully saturated rings. The van der Waals surface area contributed by atoms with Crippen LogP contribution in [0, 0.1) is 0 Å². The Morgan fingerprint density at radius 2 is 2.08 bits per heavy atom. The van der Waals surface area contributed by atoms with Crippen LogP contribution in [0.2, 0.25) is 0 Å². The summed E-state index contributed by atoms with van der Waals surface area (Å²) in [5.74, 6) is 0.816. The zero-order valence-electron chi connectivity index (χ0n) is 16.6. The Balaban J connectivity index is 0.00000277. The molecule has 0 amide bonds. The molecule has 0 saturated carbocycles. The van der Waals surface area contributed by atoms with Crippen LogP contribution in [-0.2, 0) is 9.30 Å². The molecule has 0 spiro atoms. The lowest BCUT2D eigenvalue weighted by atomic mass is 10.1. The Morgan fingerprint density at radius 3 is 2.72 bits per heavy atom. The van der Waals surface area contributed by atoms with E-state index < -0.39 is 0 Å². The lowest BCUT2D eigenvalue weighted by molar-refractivity contribution is 0.0511. The molecule has 5 heteroatoms. The normalized spacial score (nSPS) is 12.7. The van der Waals surface area contributed by atoms with Gasteiger partial charge < -0.3 is 14.4 Å². The van der Waals surface area contributed by atoms with E-state index in [1.54, 1.807) is 7.11 Å². The summed E-state index contributed by atoms with van der Waals surface area (Å²) < 4.78 is 21.1. The van der Waals surface area contributed by atoms with Gasteiger partial charge in [0.05, 0.1) is 0 Å². The van der Waals surface area contributed by atoms with Gasteiger partial charge in [0.25, 0.3) is 0 Å². The molecule has 1 aromatic carbocycles. The second-order valence-corrected chi connectivity index (χ2v) is 6.92. The molecule has 0 aromatic heterocycles. The summed E-state index contributed by atoms with van der Waals surface area (Å²) in [4.78, 5) is 2.28. The van der Waals surface area contributed by atoms with E-state index in [1.807, 2.05) is 39.0 Å². The molecule has 0 heterocycles. The Bertz CT molecular complexity index is 505. The number of allylic oxidation sites excluding steroid dienone is 1. The summed E-state index contributed by atoms with van der Waals surface area (Å²) in [5.41, 5.74) is 2.65. The molecule has 0 aliphatic rings. The largest absolute Gasteiger partial charge is 0.468 e. The first-order valence-electron chi connectivity index (χ1n) is 8.96.